The van der Waals surface area contributed by atoms with Gasteiger partial charge in [0.15, 0.2) is 5.96 Å². The van der Waals surface area contributed by atoms with Crippen LogP contribution in [0.3, 0.4) is 0 Å². The summed E-state index contributed by atoms with van der Waals surface area (Å²) in [6, 6.07) is 8.23. The zero-order chi connectivity index (χ0) is 12.4. The first-order valence-corrected chi connectivity index (χ1v) is 6.95. The summed E-state index contributed by atoms with van der Waals surface area (Å²) in [6.45, 7) is 2.90. The summed E-state index contributed by atoms with van der Waals surface area (Å²) < 4.78 is 0. The number of halogens is 2. The van der Waals surface area contributed by atoms with Crippen LogP contribution in [0.2, 0.25) is 5.02 Å². The van der Waals surface area contributed by atoms with Crippen molar-refractivity contribution >= 4 is 41.5 Å². The van der Waals surface area contributed by atoms with Crippen LogP contribution in [0.25, 0.3) is 0 Å². The van der Waals surface area contributed by atoms with Crippen LogP contribution < -0.4 is 10.6 Å². The summed E-state index contributed by atoms with van der Waals surface area (Å²) in [7, 11) is 0. The number of rotatable bonds is 3. The Labute approximate surface area is 136 Å². The van der Waals surface area contributed by atoms with Crippen molar-refractivity contribution in [1.82, 2.24) is 10.6 Å². The summed E-state index contributed by atoms with van der Waals surface area (Å²) in [5, 5.41) is 7.56. The van der Waals surface area contributed by atoms with Crippen LogP contribution in [0, 0.1) is 0 Å². The average molecular weight is 392 g/mol. The van der Waals surface area contributed by atoms with Crippen molar-refractivity contribution in [2.75, 3.05) is 19.6 Å². The summed E-state index contributed by atoms with van der Waals surface area (Å²) in [4.78, 5) is 4.44. The summed E-state index contributed by atoms with van der Waals surface area (Å²) in [6.07, 6.45) is 3.59. The van der Waals surface area contributed by atoms with Gasteiger partial charge in [-0.25, -0.2) is 0 Å². The molecule has 0 saturated heterocycles. The minimum atomic E-state index is 0. The molecule has 3 nitrogen and oxygen atoms in total. The van der Waals surface area contributed by atoms with Crippen molar-refractivity contribution < 1.29 is 0 Å². The molecule has 3 rings (SSSR count). The molecule has 1 fully saturated rings. The normalized spacial score (nSPS) is 19.7. The molecule has 1 aromatic rings. The Balaban J connectivity index is 0.00000133. The third kappa shape index (κ3) is 3.54. The third-order valence-corrected chi connectivity index (χ3v) is 4.02. The molecule has 5 heteroatoms. The molecule has 1 aliphatic heterocycles. The fourth-order valence-corrected chi connectivity index (χ4v) is 2.63. The average Bonchev–Trinajstić information content (AvgIpc) is 3.19. The van der Waals surface area contributed by atoms with Gasteiger partial charge in [-0.3, -0.25) is 4.99 Å². The van der Waals surface area contributed by atoms with Gasteiger partial charge >= 0.3 is 0 Å². The maximum Gasteiger partial charge on any atom is 0.191 e. The highest BCUT2D eigenvalue weighted by Crippen LogP contribution is 2.48. The lowest BCUT2D eigenvalue weighted by Crippen LogP contribution is -2.43. The van der Waals surface area contributed by atoms with Gasteiger partial charge in [0.05, 0.1) is 0 Å². The van der Waals surface area contributed by atoms with Crippen LogP contribution in [-0.4, -0.2) is 25.6 Å². The number of hydrogen-bond donors (Lipinski definition) is 2. The van der Waals surface area contributed by atoms with Gasteiger partial charge in [0, 0.05) is 30.1 Å². The molecule has 0 spiro atoms. The van der Waals surface area contributed by atoms with Crippen molar-refractivity contribution in [1.29, 1.82) is 0 Å². The van der Waals surface area contributed by atoms with Gasteiger partial charge in [-0.15, -0.1) is 24.0 Å². The van der Waals surface area contributed by atoms with Gasteiger partial charge in [-0.1, -0.05) is 23.7 Å². The third-order valence-electron chi connectivity index (χ3n) is 3.78. The molecule has 1 aromatic carbocycles. The van der Waals surface area contributed by atoms with Crippen LogP contribution in [0.5, 0.6) is 0 Å². The smallest absolute Gasteiger partial charge is 0.191 e. The van der Waals surface area contributed by atoms with Crippen molar-refractivity contribution in [3.63, 3.8) is 0 Å². The number of nitrogens with one attached hydrogen (secondary N) is 2. The molecule has 0 bridgehead atoms. The van der Waals surface area contributed by atoms with E-state index in [2.05, 4.69) is 27.8 Å². The molecule has 19 heavy (non-hydrogen) atoms. The van der Waals surface area contributed by atoms with Crippen molar-refractivity contribution in [2.24, 2.45) is 4.99 Å². The fourth-order valence-electron chi connectivity index (χ4n) is 2.44. The highest BCUT2D eigenvalue weighted by atomic mass is 127. The number of hydrogen-bond acceptors (Lipinski definition) is 3. The molecule has 0 aromatic heterocycles. The van der Waals surface area contributed by atoms with Gasteiger partial charge in [0.1, 0.15) is 0 Å². The molecule has 0 atom stereocenters. The Kier molecular flexibility index (Phi) is 4.95. The van der Waals surface area contributed by atoms with E-state index >= 15 is 0 Å². The maximum absolute atomic E-state index is 6.07. The van der Waals surface area contributed by atoms with Crippen LogP contribution in [-0.2, 0) is 5.41 Å². The zero-order valence-corrected chi connectivity index (χ0v) is 13.9. The Morgan fingerprint density at radius 1 is 1.37 bits per heavy atom. The Bertz CT molecular complexity index is 472. The van der Waals surface area contributed by atoms with Gasteiger partial charge in [0.2, 0.25) is 0 Å². The SMILES string of the molecule is Clc1cccc(C2(CNC3=NCCCN3)CC2)c1.I. The van der Waals surface area contributed by atoms with Gasteiger partial charge in [0.25, 0.3) is 0 Å². The van der Waals surface area contributed by atoms with E-state index in [0.717, 1.165) is 37.0 Å². The first-order chi connectivity index (χ1) is 8.78. The molecule has 0 radical (unpaired) electrons. The second-order valence-corrected chi connectivity index (χ2v) is 5.59. The first-order valence-electron chi connectivity index (χ1n) is 6.57. The fraction of sp³-hybridized carbons (Fsp3) is 0.500. The second kappa shape index (κ2) is 6.31. The largest absolute Gasteiger partial charge is 0.356 e. The number of aliphatic imine (C=N–C) groups is 1. The topological polar surface area (TPSA) is 36.4 Å². The molecule has 104 valence electrons. The van der Waals surface area contributed by atoms with E-state index in [9.17, 15) is 0 Å². The van der Waals surface area contributed by atoms with E-state index in [1.165, 1.54) is 18.4 Å². The van der Waals surface area contributed by atoms with Crippen molar-refractivity contribution in [3.8, 4) is 0 Å². The van der Waals surface area contributed by atoms with Crippen LogP contribution in [0.4, 0.5) is 0 Å². The lowest BCUT2D eigenvalue weighted by molar-refractivity contribution is 0.629. The first kappa shape index (κ1) is 14.9. The predicted molar refractivity (Wildman–Crippen MR) is 90.7 cm³/mol. The van der Waals surface area contributed by atoms with Gasteiger partial charge in [-0.2, -0.15) is 0 Å². The lowest BCUT2D eigenvalue weighted by Gasteiger charge is -2.21. The minimum absolute atomic E-state index is 0. The zero-order valence-electron chi connectivity index (χ0n) is 10.8. The van der Waals surface area contributed by atoms with E-state index < -0.39 is 0 Å². The van der Waals surface area contributed by atoms with Crippen molar-refractivity contribution in [3.05, 3.63) is 34.9 Å². The maximum atomic E-state index is 6.07. The molecular formula is C14H19ClIN3. The van der Waals surface area contributed by atoms with Crippen LogP contribution in [0.1, 0.15) is 24.8 Å². The molecule has 1 aliphatic carbocycles. The Morgan fingerprint density at radius 3 is 2.84 bits per heavy atom. The van der Waals surface area contributed by atoms with Crippen LogP contribution >= 0.6 is 35.6 Å². The van der Waals surface area contributed by atoms with Gasteiger partial charge < -0.3 is 10.6 Å². The molecule has 0 unspecified atom stereocenters. The highest BCUT2D eigenvalue weighted by molar-refractivity contribution is 14.0. The summed E-state index contributed by atoms with van der Waals surface area (Å²) >= 11 is 6.07. The van der Waals surface area contributed by atoms with E-state index in [0.29, 0.717) is 0 Å². The molecule has 1 saturated carbocycles. The lowest BCUT2D eigenvalue weighted by atomic mass is 9.96. The van der Waals surface area contributed by atoms with Crippen molar-refractivity contribution in [2.45, 2.75) is 24.7 Å². The number of guanidine groups is 1. The second-order valence-electron chi connectivity index (χ2n) is 5.15. The van der Waals surface area contributed by atoms with E-state index in [-0.39, 0.29) is 29.4 Å². The Hall–Kier alpha value is -0.490. The monoisotopic (exact) mass is 391 g/mol. The van der Waals surface area contributed by atoms with Crippen LogP contribution in [0.15, 0.2) is 29.3 Å². The highest BCUT2D eigenvalue weighted by Gasteiger charge is 2.44. The number of benzene rings is 1. The van der Waals surface area contributed by atoms with E-state index in [4.69, 9.17) is 11.6 Å². The standard InChI is InChI=1S/C14H18ClN3.HI/c15-12-4-1-3-11(9-12)14(5-6-14)10-18-13-16-7-2-8-17-13;/h1,3-4,9H,2,5-8,10H2,(H2,16,17,18);1H. The molecule has 2 aliphatic rings. The Morgan fingerprint density at radius 2 is 2.21 bits per heavy atom. The molecule has 0 amide bonds. The molecule has 2 N–H and O–H groups in total. The van der Waals surface area contributed by atoms with E-state index in [1.54, 1.807) is 0 Å². The molecule has 1 heterocycles. The van der Waals surface area contributed by atoms with E-state index in [1.807, 2.05) is 12.1 Å². The summed E-state index contributed by atoms with van der Waals surface area (Å²) in [5.41, 5.74) is 1.62. The predicted octanol–water partition coefficient (Wildman–Crippen LogP) is 2.93. The quantitative estimate of drug-likeness (QED) is 0.777. The van der Waals surface area contributed by atoms with Gasteiger partial charge in [-0.05, 0) is 37.0 Å². The minimum Gasteiger partial charge on any atom is -0.356 e. The summed E-state index contributed by atoms with van der Waals surface area (Å²) in [5.74, 6) is 0.953. The molecular weight excluding hydrogens is 373 g/mol. The number of nitrogens with zero attached hydrogens (tertiary/aromatic N) is 1.